The first-order valence-electron chi connectivity index (χ1n) is 6.35. The van der Waals surface area contributed by atoms with E-state index in [0.29, 0.717) is 11.4 Å². The molecule has 0 aromatic carbocycles. The number of rotatable bonds is 5. The lowest BCUT2D eigenvalue weighted by Gasteiger charge is -2.15. The van der Waals surface area contributed by atoms with Crippen LogP contribution in [0.3, 0.4) is 0 Å². The van der Waals surface area contributed by atoms with Gasteiger partial charge in [0.1, 0.15) is 9.88 Å². The normalized spacial score (nSPS) is 10.4. The Morgan fingerprint density at radius 1 is 1.43 bits per heavy atom. The molecule has 0 unspecified atom stereocenters. The van der Waals surface area contributed by atoms with Crippen LogP contribution in [0, 0.1) is 6.92 Å². The number of aromatic nitrogens is 1. The van der Waals surface area contributed by atoms with Gasteiger partial charge < -0.3 is 9.64 Å². The van der Waals surface area contributed by atoms with Gasteiger partial charge in [-0.3, -0.25) is 9.59 Å². The van der Waals surface area contributed by atoms with Crippen LogP contribution in [0.4, 0.5) is 0 Å². The number of carbonyl (C=O) groups excluding carboxylic acids is 2. The quantitative estimate of drug-likeness (QED) is 0.794. The van der Waals surface area contributed by atoms with Crippen LogP contribution in [0.25, 0.3) is 10.6 Å². The zero-order chi connectivity index (χ0) is 15.4. The van der Waals surface area contributed by atoms with E-state index in [1.54, 1.807) is 18.4 Å². The smallest absolute Gasteiger partial charge is 0.307 e. The Kier molecular flexibility index (Phi) is 5.08. The van der Waals surface area contributed by atoms with Gasteiger partial charge in [-0.15, -0.1) is 11.3 Å². The van der Waals surface area contributed by atoms with Crippen LogP contribution in [0.1, 0.15) is 21.8 Å². The van der Waals surface area contributed by atoms with Crippen LogP contribution in [-0.2, 0) is 9.53 Å². The molecule has 7 heteroatoms. The van der Waals surface area contributed by atoms with Crippen molar-refractivity contribution in [3.63, 3.8) is 0 Å². The molecular formula is C14H16N2O3S2. The molecule has 5 nitrogen and oxygen atoms in total. The average Bonchev–Trinajstić information content (AvgIpc) is 3.12. The third kappa shape index (κ3) is 3.68. The molecule has 2 aromatic heterocycles. The number of aryl methyl sites for hydroxylation is 1. The van der Waals surface area contributed by atoms with Crippen molar-refractivity contribution in [3.8, 4) is 10.6 Å². The van der Waals surface area contributed by atoms with E-state index < -0.39 is 0 Å². The number of ether oxygens (including phenoxy) is 1. The molecule has 0 spiro atoms. The SMILES string of the molecule is COC(=O)CCN(C)C(=O)c1sc(-c2ccsc2)nc1C. The lowest BCUT2D eigenvalue weighted by atomic mass is 10.3. The predicted octanol–water partition coefficient (Wildman–Crippen LogP) is 2.82. The number of thiophene rings is 1. The van der Waals surface area contributed by atoms with Gasteiger partial charge in [0.2, 0.25) is 0 Å². The van der Waals surface area contributed by atoms with Gasteiger partial charge in [-0.25, -0.2) is 4.98 Å². The fraction of sp³-hybridized carbons (Fsp3) is 0.357. The number of methoxy groups -OCH3 is 1. The lowest BCUT2D eigenvalue weighted by molar-refractivity contribution is -0.140. The minimum atomic E-state index is -0.324. The highest BCUT2D eigenvalue weighted by Gasteiger charge is 2.20. The molecule has 0 N–H and O–H groups in total. The van der Waals surface area contributed by atoms with E-state index in [4.69, 9.17) is 0 Å². The molecule has 0 aliphatic heterocycles. The third-order valence-electron chi connectivity index (χ3n) is 2.98. The van der Waals surface area contributed by atoms with Crippen molar-refractivity contribution in [2.24, 2.45) is 0 Å². The Bertz CT molecular complexity index is 635. The molecule has 0 aliphatic carbocycles. The largest absolute Gasteiger partial charge is 0.469 e. The summed E-state index contributed by atoms with van der Waals surface area (Å²) in [5, 5.41) is 4.84. The van der Waals surface area contributed by atoms with Crippen molar-refractivity contribution >= 4 is 34.6 Å². The Labute approximate surface area is 131 Å². The molecule has 0 bridgehead atoms. The zero-order valence-electron chi connectivity index (χ0n) is 12.1. The highest BCUT2D eigenvalue weighted by molar-refractivity contribution is 7.17. The Morgan fingerprint density at radius 3 is 2.81 bits per heavy atom. The van der Waals surface area contributed by atoms with Crippen LogP contribution in [0.15, 0.2) is 16.8 Å². The fourth-order valence-electron chi connectivity index (χ4n) is 1.74. The molecule has 0 saturated carbocycles. The van der Waals surface area contributed by atoms with Gasteiger partial charge in [0.05, 0.1) is 19.2 Å². The molecule has 0 atom stereocenters. The fourth-order valence-corrected chi connectivity index (χ4v) is 3.51. The van der Waals surface area contributed by atoms with E-state index in [9.17, 15) is 9.59 Å². The highest BCUT2D eigenvalue weighted by Crippen LogP contribution is 2.29. The van der Waals surface area contributed by atoms with Crippen LogP contribution >= 0.6 is 22.7 Å². The second kappa shape index (κ2) is 6.82. The zero-order valence-corrected chi connectivity index (χ0v) is 13.7. The van der Waals surface area contributed by atoms with Gasteiger partial charge in [-0.05, 0) is 18.4 Å². The second-order valence-electron chi connectivity index (χ2n) is 4.50. The number of carbonyl (C=O) groups is 2. The summed E-state index contributed by atoms with van der Waals surface area (Å²) in [6, 6.07) is 1.98. The molecule has 2 aromatic rings. The van der Waals surface area contributed by atoms with E-state index in [2.05, 4.69) is 9.72 Å². The molecule has 112 valence electrons. The maximum Gasteiger partial charge on any atom is 0.307 e. The molecular weight excluding hydrogens is 308 g/mol. The van der Waals surface area contributed by atoms with E-state index in [1.165, 1.54) is 23.3 Å². The first-order chi connectivity index (χ1) is 10.0. The van der Waals surface area contributed by atoms with Crippen molar-refractivity contribution in [3.05, 3.63) is 27.4 Å². The number of thiazole rings is 1. The van der Waals surface area contributed by atoms with Crippen LogP contribution < -0.4 is 0 Å². The maximum atomic E-state index is 12.4. The summed E-state index contributed by atoms with van der Waals surface area (Å²) in [6.45, 7) is 2.16. The molecule has 1 amide bonds. The number of amides is 1. The van der Waals surface area contributed by atoms with Crippen molar-refractivity contribution in [1.29, 1.82) is 0 Å². The highest BCUT2D eigenvalue weighted by atomic mass is 32.1. The molecule has 0 saturated heterocycles. The van der Waals surface area contributed by atoms with Gasteiger partial charge >= 0.3 is 5.97 Å². The Balaban J connectivity index is 2.10. The van der Waals surface area contributed by atoms with Gasteiger partial charge in [0, 0.05) is 24.5 Å². The second-order valence-corrected chi connectivity index (χ2v) is 6.28. The number of hydrogen-bond donors (Lipinski definition) is 0. The summed E-state index contributed by atoms with van der Waals surface area (Å²) >= 11 is 2.98. The molecule has 2 heterocycles. The van der Waals surface area contributed by atoms with E-state index >= 15 is 0 Å². The van der Waals surface area contributed by atoms with Gasteiger partial charge in [-0.1, -0.05) is 0 Å². The lowest BCUT2D eigenvalue weighted by Crippen LogP contribution is -2.29. The molecule has 2 rings (SSSR count). The van der Waals surface area contributed by atoms with E-state index in [-0.39, 0.29) is 18.3 Å². The van der Waals surface area contributed by atoms with Gasteiger partial charge in [0.15, 0.2) is 0 Å². The first-order valence-corrected chi connectivity index (χ1v) is 8.11. The van der Waals surface area contributed by atoms with Crippen LogP contribution in [-0.4, -0.2) is 42.5 Å². The van der Waals surface area contributed by atoms with Crippen molar-refractivity contribution in [1.82, 2.24) is 9.88 Å². The maximum absolute atomic E-state index is 12.4. The third-order valence-corrected chi connectivity index (χ3v) is 4.86. The van der Waals surface area contributed by atoms with E-state index in [0.717, 1.165) is 16.3 Å². The standard InChI is InChI=1S/C14H16N2O3S2/c1-9-12(14(18)16(2)6-4-11(17)19-3)21-13(15-9)10-5-7-20-8-10/h5,7-8H,4,6H2,1-3H3. The topological polar surface area (TPSA) is 59.5 Å². The monoisotopic (exact) mass is 324 g/mol. The van der Waals surface area contributed by atoms with Crippen LogP contribution in [0.5, 0.6) is 0 Å². The van der Waals surface area contributed by atoms with Gasteiger partial charge in [-0.2, -0.15) is 11.3 Å². The summed E-state index contributed by atoms with van der Waals surface area (Å²) < 4.78 is 4.58. The van der Waals surface area contributed by atoms with E-state index in [1.807, 2.05) is 23.8 Å². The summed E-state index contributed by atoms with van der Waals surface area (Å²) in [5.41, 5.74) is 1.75. The van der Waals surface area contributed by atoms with Crippen molar-refractivity contribution in [2.45, 2.75) is 13.3 Å². The Morgan fingerprint density at radius 2 is 2.19 bits per heavy atom. The van der Waals surface area contributed by atoms with Gasteiger partial charge in [0.25, 0.3) is 5.91 Å². The summed E-state index contributed by atoms with van der Waals surface area (Å²) in [6.07, 6.45) is 0.188. The van der Waals surface area contributed by atoms with Crippen LogP contribution in [0.2, 0.25) is 0 Å². The molecule has 0 aliphatic rings. The molecule has 21 heavy (non-hydrogen) atoms. The summed E-state index contributed by atoms with van der Waals surface area (Å²) in [5.74, 6) is -0.440. The number of hydrogen-bond acceptors (Lipinski definition) is 6. The summed E-state index contributed by atoms with van der Waals surface area (Å²) in [4.78, 5) is 30.1. The Hall–Kier alpha value is -1.73. The molecule has 0 radical (unpaired) electrons. The first kappa shape index (κ1) is 15.7. The average molecular weight is 324 g/mol. The predicted molar refractivity (Wildman–Crippen MR) is 83.8 cm³/mol. The minimum Gasteiger partial charge on any atom is -0.469 e. The minimum absolute atomic E-state index is 0.115. The number of esters is 1. The summed E-state index contributed by atoms with van der Waals surface area (Å²) in [7, 11) is 3.01. The number of nitrogens with zero attached hydrogens (tertiary/aromatic N) is 2. The van der Waals surface area contributed by atoms with Crippen molar-refractivity contribution in [2.75, 3.05) is 20.7 Å². The van der Waals surface area contributed by atoms with Crippen molar-refractivity contribution < 1.29 is 14.3 Å². The molecule has 0 fully saturated rings.